The maximum atomic E-state index is 13.0. The zero-order valence-corrected chi connectivity index (χ0v) is 16.1. The Balaban J connectivity index is 1.60. The molecule has 0 spiro atoms. The second-order valence-corrected chi connectivity index (χ2v) is 8.07. The zero-order valence-electron chi connectivity index (χ0n) is 14.6. The third-order valence-corrected chi connectivity index (χ3v) is 6.12. The number of anilines is 2. The summed E-state index contributed by atoms with van der Waals surface area (Å²) < 4.78 is 0. The van der Waals surface area contributed by atoms with Gasteiger partial charge in [-0.2, -0.15) is 0 Å². The van der Waals surface area contributed by atoms with Crippen LogP contribution in [-0.4, -0.2) is 39.8 Å². The van der Waals surface area contributed by atoms with Gasteiger partial charge in [-0.3, -0.25) is 9.59 Å². The van der Waals surface area contributed by atoms with Gasteiger partial charge in [0.1, 0.15) is 5.54 Å². The Morgan fingerprint density at radius 2 is 2.15 bits per heavy atom. The second-order valence-electron chi connectivity index (χ2n) is 6.76. The van der Waals surface area contributed by atoms with Gasteiger partial charge >= 0.3 is 6.03 Å². The predicted octanol–water partition coefficient (Wildman–Crippen LogP) is 3.76. The summed E-state index contributed by atoms with van der Waals surface area (Å²) in [4.78, 5) is 44.6. The van der Waals surface area contributed by atoms with Crippen molar-refractivity contribution < 1.29 is 14.4 Å². The van der Waals surface area contributed by atoms with Crippen LogP contribution >= 0.6 is 22.9 Å². The molecule has 1 N–H and O–H groups in total. The number of hydrogen-bond acceptors (Lipinski definition) is 5. The molecule has 1 aromatic carbocycles. The van der Waals surface area contributed by atoms with E-state index >= 15 is 0 Å². The Morgan fingerprint density at radius 3 is 2.81 bits per heavy atom. The van der Waals surface area contributed by atoms with Gasteiger partial charge in [0.05, 0.1) is 10.7 Å². The molecule has 0 bridgehead atoms. The standard InChI is InChI=1S/C18H17ClN4O3S/c1-18-6-2-3-8-22(18)17(26)23(16(18)25)13-5-4-11(10-12(13)19)21-14(24)15-20-7-9-27-15/h4-5,7,9-10H,2-3,6,8H2,1H3,(H,21,24). The molecular formula is C18H17ClN4O3S. The van der Waals surface area contributed by atoms with Crippen LogP contribution in [0.3, 0.4) is 0 Å². The fraction of sp³-hybridized carbons (Fsp3) is 0.333. The molecule has 1 unspecified atom stereocenters. The van der Waals surface area contributed by atoms with E-state index in [4.69, 9.17) is 11.6 Å². The lowest BCUT2D eigenvalue weighted by molar-refractivity contribution is -0.125. The number of rotatable bonds is 3. The van der Waals surface area contributed by atoms with Crippen molar-refractivity contribution in [3.05, 3.63) is 39.8 Å². The first-order valence-electron chi connectivity index (χ1n) is 8.58. The van der Waals surface area contributed by atoms with Crippen molar-refractivity contribution in [2.24, 2.45) is 0 Å². The number of nitrogens with one attached hydrogen (secondary N) is 1. The molecule has 9 heteroatoms. The molecule has 1 aromatic heterocycles. The normalized spacial score (nSPS) is 22.1. The van der Waals surface area contributed by atoms with Crippen LogP contribution < -0.4 is 10.2 Å². The highest BCUT2D eigenvalue weighted by atomic mass is 35.5. The van der Waals surface area contributed by atoms with Crippen LogP contribution in [0.25, 0.3) is 0 Å². The number of benzene rings is 1. The van der Waals surface area contributed by atoms with Gasteiger partial charge in [-0.1, -0.05) is 11.6 Å². The molecule has 3 heterocycles. The largest absolute Gasteiger partial charge is 0.332 e. The number of urea groups is 1. The van der Waals surface area contributed by atoms with Crippen LogP contribution in [0.15, 0.2) is 29.8 Å². The summed E-state index contributed by atoms with van der Waals surface area (Å²) >= 11 is 7.59. The average molecular weight is 405 g/mol. The molecule has 4 rings (SSSR count). The molecule has 0 saturated carbocycles. The number of carbonyl (C=O) groups is 3. The summed E-state index contributed by atoms with van der Waals surface area (Å²) in [5, 5.41) is 4.98. The second kappa shape index (κ2) is 6.61. The Labute approximate surface area is 164 Å². The molecule has 0 aliphatic carbocycles. The van der Waals surface area contributed by atoms with Crippen LogP contribution in [0, 0.1) is 0 Å². The number of piperidine rings is 1. The first-order valence-corrected chi connectivity index (χ1v) is 9.84. The molecule has 2 fully saturated rings. The van der Waals surface area contributed by atoms with Gasteiger partial charge in [0.2, 0.25) is 0 Å². The molecule has 2 aromatic rings. The van der Waals surface area contributed by atoms with Crippen LogP contribution in [0.1, 0.15) is 36.0 Å². The zero-order chi connectivity index (χ0) is 19.2. The fourth-order valence-corrected chi connectivity index (χ4v) is 4.39. The fourth-order valence-electron chi connectivity index (χ4n) is 3.60. The summed E-state index contributed by atoms with van der Waals surface area (Å²) in [5.41, 5.74) is -0.0161. The molecule has 2 aliphatic rings. The lowest BCUT2D eigenvalue weighted by Gasteiger charge is -2.35. The first-order chi connectivity index (χ1) is 12.9. The quantitative estimate of drug-likeness (QED) is 0.789. The number of carbonyl (C=O) groups excluding carboxylic acids is 3. The number of halogens is 1. The van der Waals surface area contributed by atoms with E-state index < -0.39 is 5.54 Å². The monoisotopic (exact) mass is 404 g/mol. The number of aromatic nitrogens is 1. The van der Waals surface area contributed by atoms with E-state index in [-0.39, 0.29) is 22.9 Å². The summed E-state index contributed by atoms with van der Waals surface area (Å²) in [5.74, 6) is -0.597. The van der Waals surface area contributed by atoms with E-state index in [1.54, 1.807) is 28.6 Å². The van der Waals surface area contributed by atoms with E-state index in [0.717, 1.165) is 17.7 Å². The van der Waals surface area contributed by atoms with E-state index in [2.05, 4.69) is 10.3 Å². The van der Waals surface area contributed by atoms with E-state index in [1.807, 2.05) is 6.92 Å². The van der Waals surface area contributed by atoms with Crippen molar-refractivity contribution in [1.29, 1.82) is 0 Å². The van der Waals surface area contributed by atoms with Gasteiger partial charge in [-0.15, -0.1) is 11.3 Å². The lowest BCUT2D eigenvalue weighted by Crippen LogP contribution is -2.49. The Kier molecular flexibility index (Phi) is 4.39. The van der Waals surface area contributed by atoms with Gasteiger partial charge in [0, 0.05) is 23.8 Å². The minimum Gasteiger partial charge on any atom is -0.320 e. The lowest BCUT2D eigenvalue weighted by atomic mass is 9.89. The summed E-state index contributed by atoms with van der Waals surface area (Å²) in [7, 11) is 0. The van der Waals surface area contributed by atoms with E-state index in [0.29, 0.717) is 29.3 Å². The van der Waals surface area contributed by atoms with Crippen molar-refractivity contribution in [2.45, 2.75) is 31.7 Å². The number of hydrogen-bond donors (Lipinski definition) is 1. The maximum absolute atomic E-state index is 13.0. The molecule has 27 heavy (non-hydrogen) atoms. The topological polar surface area (TPSA) is 82.6 Å². The van der Waals surface area contributed by atoms with Crippen LogP contribution in [0.4, 0.5) is 16.2 Å². The van der Waals surface area contributed by atoms with E-state index in [1.165, 1.54) is 17.4 Å². The first kappa shape index (κ1) is 17.9. The molecule has 0 radical (unpaired) electrons. The van der Waals surface area contributed by atoms with Gasteiger partial charge in [-0.25, -0.2) is 14.7 Å². The Morgan fingerprint density at radius 1 is 1.33 bits per heavy atom. The smallest absolute Gasteiger partial charge is 0.320 e. The van der Waals surface area contributed by atoms with E-state index in [9.17, 15) is 14.4 Å². The van der Waals surface area contributed by atoms with Gasteiger partial charge in [0.25, 0.3) is 11.8 Å². The van der Waals surface area contributed by atoms with Crippen LogP contribution in [0.2, 0.25) is 5.02 Å². The van der Waals surface area contributed by atoms with Crippen molar-refractivity contribution in [3.8, 4) is 0 Å². The minimum atomic E-state index is -0.809. The molecule has 2 aliphatic heterocycles. The molecule has 2 saturated heterocycles. The number of fused-ring (bicyclic) bond motifs is 1. The van der Waals surface area contributed by atoms with Crippen LogP contribution in [-0.2, 0) is 4.79 Å². The predicted molar refractivity (Wildman–Crippen MR) is 103 cm³/mol. The van der Waals surface area contributed by atoms with Crippen LogP contribution in [0.5, 0.6) is 0 Å². The van der Waals surface area contributed by atoms with Crippen molar-refractivity contribution in [1.82, 2.24) is 9.88 Å². The number of imide groups is 1. The number of thiazole rings is 1. The summed E-state index contributed by atoms with van der Waals surface area (Å²) in [6.07, 6.45) is 4.00. The Hall–Kier alpha value is -2.45. The summed E-state index contributed by atoms with van der Waals surface area (Å²) in [6, 6.07) is 4.39. The van der Waals surface area contributed by atoms with Crippen molar-refractivity contribution in [2.75, 3.05) is 16.8 Å². The SMILES string of the molecule is CC12CCCCN1C(=O)N(c1ccc(NC(=O)c3nccs3)cc1Cl)C2=O. The molecule has 140 valence electrons. The van der Waals surface area contributed by atoms with Gasteiger partial charge in [0.15, 0.2) is 5.01 Å². The minimum absolute atomic E-state index is 0.220. The highest BCUT2D eigenvalue weighted by molar-refractivity contribution is 7.11. The number of nitrogens with zero attached hydrogens (tertiary/aromatic N) is 3. The van der Waals surface area contributed by atoms with Crippen molar-refractivity contribution >= 4 is 52.2 Å². The molecule has 7 nitrogen and oxygen atoms in total. The molecule has 1 atom stereocenters. The third kappa shape index (κ3) is 2.89. The van der Waals surface area contributed by atoms with Gasteiger partial charge < -0.3 is 10.2 Å². The number of amides is 4. The van der Waals surface area contributed by atoms with Crippen molar-refractivity contribution in [3.63, 3.8) is 0 Å². The van der Waals surface area contributed by atoms with Gasteiger partial charge in [-0.05, 0) is 44.4 Å². The maximum Gasteiger partial charge on any atom is 0.332 e. The Bertz CT molecular complexity index is 933. The third-order valence-electron chi connectivity index (χ3n) is 5.05. The summed E-state index contributed by atoms with van der Waals surface area (Å²) in [6.45, 7) is 2.38. The highest BCUT2D eigenvalue weighted by Crippen LogP contribution is 2.41. The molecular weight excluding hydrogens is 388 g/mol. The average Bonchev–Trinajstić information content (AvgIpc) is 3.24. The highest BCUT2D eigenvalue weighted by Gasteiger charge is 2.55. The molecule has 4 amide bonds.